The number of rotatable bonds is 1. The van der Waals surface area contributed by atoms with Crippen molar-refractivity contribution in [3.8, 4) is 0 Å². The third-order valence-electron chi connectivity index (χ3n) is 3.47. The van der Waals surface area contributed by atoms with Gasteiger partial charge >= 0.3 is 0 Å². The summed E-state index contributed by atoms with van der Waals surface area (Å²) in [6.07, 6.45) is 4.53. The lowest BCUT2D eigenvalue weighted by atomic mass is 9.90. The molecule has 0 bridgehead atoms. The average molecular weight is 279 g/mol. The highest BCUT2D eigenvalue weighted by atomic mass is 79.9. The molecule has 0 unspecified atom stereocenters. The number of aromatic nitrogens is 1. The molecule has 2 N–H and O–H groups in total. The predicted molar refractivity (Wildman–Crippen MR) is 70.8 cm³/mol. The van der Waals surface area contributed by atoms with Crippen LogP contribution in [-0.2, 0) is 0 Å². The summed E-state index contributed by atoms with van der Waals surface area (Å²) in [5, 5.41) is 4.71. The maximum atomic E-state index is 3.58. The molecule has 2 aromatic rings. The van der Waals surface area contributed by atoms with Crippen molar-refractivity contribution in [3.63, 3.8) is 0 Å². The van der Waals surface area contributed by atoms with Crippen LogP contribution in [0.15, 0.2) is 28.9 Å². The Morgan fingerprint density at radius 3 is 2.81 bits per heavy atom. The molecule has 1 aromatic carbocycles. The Morgan fingerprint density at radius 2 is 2.00 bits per heavy atom. The van der Waals surface area contributed by atoms with Gasteiger partial charge in [0.15, 0.2) is 0 Å². The summed E-state index contributed by atoms with van der Waals surface area (Å²) in [5.74, 6) is 0.729. The quantitative estimate of drug-likeness (QED) is 0.822. The molecule has 3 rings (SSSR count). The molecule has 1 fully saturated rings. The van der Waals surface area contributed by atoms with E-state index in [4.69, 9.17) is 0 Å². The first-order valence-corrected chi connectivity index (χ1v) is 6.61. The van der Waals surface area contributed by atoms with Gasteiger partial charge in [-0.05, 0) is 65.5 Å². The number of nitrogens with one attached hydrogen (secondary N) is 2. The van der Waals surface area contributed by atoms with Crippen LogP contribution < -0.4 is 5.32 Å². The number of hydrogen-bond acceptors (Lipinski definition) is 1. The SMILES string of the molecule is Brc1c[nH]c2ccc(C3CCNCC3)cc12. The molecule has 2 nitrogen and oxygen atoms in total. The van der Waals surface area contributed by atoms with Crippen LogP contribution in [0.5, 0.6) is 0 Å². The van der Waals surface area contributed by atoms with Gasteiger partial charge in [0.1, 0.15) is 0 Å². The van der Waals surface area contributed by atoms with Crippen LogP contribution in [0, 0.1) is 0 Å². The van der Waals surface area contributed by atoms with Gasteiger partial charge in [0.2, 0.25) is 0 Å². The molecule has 0 amide bonds. The summed E-state index contributed by atoms with van der Waals surface area (Å²) in [4.78, 5) is 3.26. The summed E-state index contributed by atoms with van der Waals surface area (Å²) in [7, 11) is 0. The molecule has 0 spiro atoms. The van der Waals surface area contributed by atoms with Gasteiger partial charge in [-0.1, -0.05) is 6.07 Å². The van der Waals surface area contributed by atoms with E-state index in [1.807, 2.05) is 6.20 Å². The summed E-state index contributed by atoms with van der Waals surface area (Å²) in [5.41, 5.74) is 2.69. The van der Waals surface area contributed by atoms with Gasteiger partial charge in [-0.3, -0.25) is 0 Å². The maximum absolute atomic E-state index is 3.58. The first-order valence-electron chi connectivity index (χ1n) is 5.82. The normalized spacial score (nSPS) is 18.1. The highest BCUT2D eigenvalue weighted by Crippen LogP contribution is 2.30. The third-order valence-corrected chi connectivity index (χ3v) is 4.12. The van der Waals surface area contributed by atoms with Gasteiger partial charge in [0, 0.05) is 21.6 Å². The molecule has 1 aromatic heterocycles. The zero-order valence-corrected chi connectivity index (χ0v) is 10.7. The first-order chi connectivity index (χ1) is 7.84. The van der Waals surface area contributed by atoms with Crippen molar-refractivity contribution in [3.05, 3.63) is 34.4 Å². The van der Waals surface area contributed by atoms with Crippen LogP contribution in [0.2, 0.25) is 0 Å². The van der Waals surface area contributed by atoms with E-state index in [0.29, 0.717) is 0 Å². The lowest BCUT2D eigenvalue weighted by Gasteiger charge is -2.23. The number of halogens is 1. The van der Waals surface area contributed by atoms with Gasteiger partial charge in [0.25, 0.3) is 0 Å². The Kier molecular flexibility index (Phi) is 2.74. The molecule has 16 heavy (non-hydrogen) atoms. The van der Waals surface area contributed by atoms with Gasteiger partial charge in [-0.15, -0.1) is 0 Å². The fourth-order valence-corrected chi connectivity index (χ4v) is 2.96. The Balaban J connectivity index is 1.99. The average Bonchev–Trinajstić information content (AvgIpc) is 2.72. The monoisotopic (exact) mass is 278 g/mol. The molecule has 0 saturated carbocycles. The van der Waals surface area contributed by atoms with E-state index >= 15 is 0 Å². The molecular formula is C13H15BrN2. The Morgan fingerprint density at radius 1 is 1.19 bits per heavy atom. The van der Waals surface area contributed by atoms with Crippen LogP contribution in [-0.4, -0.2) is 18.1 Å². The number of hydrogen-bond donors (Lipinski definition) is 2. The van der Waals surface area contributed by atoms with E-state index < -0.39 is 0 Å². The summed E-state index contributed by atoms with van der Waals surface area (Å²) >= 11 is 3.58. The highest BCUT2D eigenvalue weighted by molar-refractivity contribution is 9.10. The minimum Gasteiger partial charge on any atom is -0.360 e. The topological polar surface area (TPSA) is 27.8 Å². The molecule has 0 aliphatic carbocycles. The molecule has 0 radical (unpaired) electrons. The van der Waals surface area contributed by atoms with Crippen molar-refractivity contribution in [2.24, 2.45) is 0 Å². The Labute approximate surface area is 104 Å². The van der Waals surface area contributed by atoms with Crippen LogP contribution >= 0.6 is 15.9 Å². The minimum absolute atomic E-state index is 0.729. The fourth-order valence-electron chi connectivity index (χ4n) is 2.51. The van der Waals surface area contributed by atoms with Crippen LogP contribution in [0.3, 0.4) is 0 Å². The van der Waals surface area contributed by atoms with Crippen molar-refractivity contribution in [1.29, 1.82) is 0 Å². The first kappa shape index (κ1) is 10.4. The molecular weight excluding hydrogens is 264 g/mol. The zero-order valence-electron chi connectivity index (χ0n) is 9.09. The molecule has 1 aliphatic heterocycles. The standard InChI is InChI=1S/C13H15BrN2/c14-12-8-16-13-2-1-10(7-11(12)13)9-3-5-15-6-4-9/h1-2,7-9,15-16H,3-6H2. The molecule has 1 saturated heterocycles. The highest BCUT2D eigenvalue weighted by Gasteiger charge is 2.15. The molecule has 84 valence electrons. The van der Waals surface area contributed by atoms with Gasteiger partial charge in [-0.25, -0.2) is 0 Å². The van der Waals surface area contributed by atoms with E-state index in [-0.39, 0.29) is 0 Å². The maximum Gasteiger partial charge on any atom is 0.0465 e. The van der Waals surface area contributed by atoms with Crippen molar-refractivity contribution in [2.75, 3.05) is 13.1 Å². The van der Waals surface area contributed by atoms with E-state index in [1.165, 1.54) is 33.8 Å². The molecule has 2 heterocycles. The van der Waals surface area contributed by atoms with Crippen molar-refractivity contribution in [2.45, 2.75) is 18.8 Å². The summed E-state index contributed by atoms with van der Waals surface area (Å²) in [6.45, 7) is 2.30. The second-order valence-corrected chi connectivity index (χ2v) is 5.32. The Bertz CT molecular complexity index is 498. The van der Waals surface area contributed by atoms with E-state index in [1.54, 1.807) is 0 Å². The lowest BCUT2D eigenvalue weighted by molar-refractivity contribution is 0.460. The fraction of sp³-hybridized carbons (Fsp3) is 0.385. The van der Waals surface area contributed by atoms with Gasteiger partial charge < -0.3 is 10.3 Å². The second kappa shape index (κ2) is 4.22. The smallest absolute Gasteiger partial charge is 0.0465 e. The van der Waals surface area contributed by atoms with Crippen molar-refractivity contribution < 1.29 is 0 Å². The number of piperidine rings is 1. The van der Waals surface area contributed by atoms with Crippen LogP contribution in [0.4, 0.5) is 0 Å². The number of aromatic amines is 1. The van der Waals surface area contributed by atoms with Gasteiger partial charge in [0.05, 0.1) is 0 Å². The van der Waals surface area contributed by atoms with Crippen LogP contribution in [0.1, 0.15) is 24.3 Å². The summed E-state index contributed by atoms with van der Waals surface area (Å²) < 4.78 is 1.17. The van der Waals surface area contributed by atoms with E-state index in [9.17, 15) is 0 Å². The van der Waals surface area contributed by atoms with Crippen LogP contribution in [0.25, 0.3) is 10.9 Å². The number of benzene rings is 1. The molecule has 3 heteroatoms. The summed E-state index contributed by atoms with van der Waals surface area (Å²) in [6, 6.07) is 6.78. The third kappa shape index (κ3) is 1.78. The Hall–Kier alpha value is -0.800. The minimum atomic E-state index is 0.729. The van der Waals surface area contributed by atoms with E-state index in [2.05, 4.69) is 44.4 Å². The second-order valence-electron chi connectivity index (χ2n) is 4.47. The number of fused-ring (bicyclic) bond motifs is 1. The number of H-pyrrole nitrogens is 1. The lowest BCUT2D eigenvalue weighted by Crippen LogP contribution is -2.26. The van der Waals surface area contributed by atoms with Gasteiger partial charge in [-0.2, -0.15) is 0 Å². The zero-order chi connectivity index (χ0) is 11.0. The van der Waals surface area contributed by atoms with E-state index in [0.717, 1.165) is 19.0 Å². The molecule has 1 aliphatic rings. The molecule has 0 atom stereocenters. The largest absolute Gasteiger partial charge is 0.360 e. The van der Waals surface area contributed by atoms with Crippen molar-refractivity contribution in [1.82, 2.24) is 10.3 Å². The predicted octanol–water partition coefficient (Wildman–Crippen LogP) is 3.40. The van der Waals surface area contributed by atoms with Crippen molar-refractivity contribution >= 4 is 26.8 Å².